The molecule has 2 N–H and O–H groups in total. The molecule has 26 heavy (non-hydrogen) atoms. The maximum atomic E-state index is 12.1. The molecule has 0 atom stereocenters. The van der Waals surface area contributed by atoms with Crippen LogP contribution in [-0.2, 0) is 13.1 Å². The van der Waals surface area contributed by atoms with E-state index in [2.05, 4.69) is 20.8 Å². The summed E-state index contributed by atoms with van der Waals surface area (Å²) in [5.74, 6) is 0.282. The minimum Gasteiger partial charge on any atom is -0.364 e. The molecule has 0 fully saturated rings. The Hall–Kier alpha value is -2.63. The van der Waals surface area contributed by atoms with Crippen molar-refractivity contribution in [2.45, 2.75) is 13.1 Å². The van der Waals surface area contributed by atoms with Crippen molar-refractivity contribution in [2.24, 2.45) is 0 Å². The number of anilines is 1. The van der Waals surface area contributed by atoms with E-state index in [4.69, 9.17) is 23.2 Å². The lowest BCUT2D eigenvalue weighted by Crippen LogP contribution is -2.24. The summed E-state index contributed by atoms with van der Waals surface area (Å²) in [5, 5.41) is 15.3. The first-order chi connectivity index (χ1) is 12.6. The third kappa shape index (κ3) is 4.94. The molecule has 7 heteroatoms. The maximum absolute atomic E-state index is 12.1. The van der Waals surface area contributed by atoms with E-state index in [0.29, 0.717) is 29.0 Å². The summed E-state index contributed by atoms with van der Waals surface area (Å²) in [6, 6.07) is 18.2. The standard InChI is InChI=1S/C19H16Cl2N4O/c20-15-7-5-13(6-8-15)11-23-19(26)17-9-10-18(25-24-17)22-12-14-3-1-2-4-16(14)21/h1-10H,11-12H2,(H,22,25)(H,23,26). The van der Waals surface area contributed by atoms with Gasteiger partial charge in [0, 0.05) is 23.1 Å². The summed E-state index contributed by atoms with van der Waals surface area (Å²) in [6.45, 7) is 0.917. The number of rotatable bonds is 6. The number of nitrogens with zero attached hydrogens (tertiary/aromatic N) is 2. The number of hydrogen-bond acceptors (Lipinski definition) is 4. The molecule has 0 saturated heterocycles. The Labute approximate surface area is 161 Å². The fraction of sp³-hybridized carbons (Fsp3) is 0.105. The van der Waals surface area contributed by atoms with E-state index in [9.17, 15) is 4.79 Å². The van der Waals surface area contributed by atoms with Crippen LogP contribution in [-0.4, -0.2) is 16.1 Å². The van der Waals surface area contributed by atoms with Crippen LogP contribution >= 0.6 is 23.2 Å². The van der Waals surface area contributed by atoms with Crippen molar-refractivity contribution in [3.8, 4) is 0 Å². The van der Waals surface area contributed by atoms with E-state index in [-0.39, 0.29) is 11.6 Å². The first-order valence-electron chi connectivity index (χ1n) is 7.95. The summed E-state index contributed by atoms with van der Waals surface area (Å²) in [6.07, 6.45) is 0. The third-order valence-electron chi connectivity index (χ3n) is 3.68. The zero-order chi connectivity index (χ0) is 18.4. The highest BCUT2D eigenvalue weighted by Gasteiger charge is 2.08. The van der Waals surface area contributed by atoms with Crippen molar-refractivity contribution in [3.05, 3.63) is 87.5 Å². The molecule has 5 nitrogen and oxygen atoms in total. The summed E-state index contributed by atoms with van der Waals surface area (Å²) in [5.41, 5.74) is 2.16. The Morgan fingerprint density at radius 2 is 1.65 bits per heavy atom. The van der Waals surface area contributed by atoms with E-state index in [1.165, 1.54) is 0 Å². The number of carbonyl (C=O) groups is 1. The summed E-state index contributed by atoms with van der Waals surface area (Å²) < 4.78 is 0. The first-order valence-corrected chi connectivity index (χ1v) is 8.71. The predicted molar refractivity (Wildman–Crippen MR) is 103 cm³/mol. The fourth-order valence-corrected chi connectivity index (χ4v) is 2.58. The quantitative estimate of drug-likeness (QED) is 0.661. The Balaban J connectivity index is 1.54. The van der Waals surface area contributed by atoms with Gasteiger partial charge in [0.2, 0.25) is 0 Å². The Bertz CT molecular complexity index is 883. The van der Waals surface area contributed by atoms with Crippen molar-refractivity contribution in [3.63, 3.8) is 0 Å². The highest BCUT2D eigenvalue weighted by molar-refractivity contribution is 6.31. The van der Waals surface area contributed by atoms with Crippen LogP contribution < -0.4 is 10.6 Å². The zero-order valence-electron chi connectivity index (χ0n) is 13.7. The highest BCUT2D eigenvalue weighted by Crippen LogP contribution is 2.16. The van der Waals surface area contributed by atoms with Gasteiger partial charge in [-0.3, -0.25) is 4.79 Å². The molecule has 3 rings (SSSR count). The molecule has 1 aromatic heterocycles. The van der Waals surface area contributed by atoms with Gasteiger partial charge in [-0.05, 0) is 41.5 Å². The summed E-state index contributed by atoms with van der Waals surface area (Å²) >= 11 is 12.0. The van der Waals surface area contributed by atoms with Crippen LogP contribution in [0.2, 0.25) is 10.0 Å². The number of carbonyl (C=O) groups excluding carboxylic acids is 1. The molecule has 3 aromatic rings. The van der Waals surface area contributed by atoms with Gasteiger partial charge in [-0.1, -0.05) is 53.5 Å². The topological polar surface area (TPSA) is 66.9 Å². The van der Waals surface area contributed by atoms with Crippen molar-refractivity contribution in [1.82, 2.24) is 15.5 Å². The second-order valence-electron chi connectivity index (χ2n) is 5.56. The minimum atomic E-state index is -0.287. The molecule has 0 aliphatic carbocycles. The number of benzene rings is 2. The smallest absolute Gasteiger partial charge is 0.272 e. The van der Waals surface area contributed by atoms with Crippen LogP contribution in [0, 0.1) is 0 Å². The van der Waals surface area contributed by atoms with Gasteiger partial charge in [0.25, 0.3) is 5.91 Å². The van der Waals surface area contributed by atoms with Crippen LogP contribution in [0.3, 0.4) is 0 Å². The van der Waals surface area contributed by atoms with E-state index in [0.717, 1.165) is 11.1 Å². The molecule has 0 aliphatic heterocycles. The molecule has 2 aromatic carbocycles. The van der Waals surface area contributed by atoms with Gasteiger partial charge in [0.1, 0.15) is 5.82 Å². The van der Waals surface area contributed by atoms with Gasteiger partial charge in [-0.25, -0.2) is 0 Å². The monoisotopic (exact) mass is 386 g/mol. The summed E-state index contributed by atoms with van der Waals surface area (Å²) in [4.78, 5) is 12.1. The summed E-state index contributed by atoms with van der Waals surface area (Å²) in [7, 11) is 0. The third-order valence-corrected chi connectivity index (χ3v) is 4.30. The lowest BCUT2D eigenvalue weighted by Gasteiger charge is -2.08. The average Bonchev–Trinajstić information content (AvgIpc) is 2.67. The van der Waals surface area contributed by atoms with Crippen LogP contribution in [0.25, 0.3) is 0 Å². The van der Waals surface area contributed by atoms with Crippen molar-refractivity contribution >= 4 is 34.9 Å². The zero-order valence-corrected chi connectivity index (χ0v) is 15.3. The average molecular weight is 387 g/mol. The maximum Gasteiger partial charge on any atom is 0.272 e. The van der Waals surface area contributed by atoms with Gasteiger partial charge in [0.05, 0.1) is 0 Å². The molecule has 0 saturated carbocycles. The molecule has 0 unspecified atom stereocenters. The van der Waals surface area contributed by atoms with Crippen LogP contribution in [0.5, 0.6) is 0 Å². The van der Waals surface area contributed by atoms with Gasteiger partial charge >= 0.3 is 0 Å². The highest BCUT2D eigenvalue weighted by atomic mass is 35.5. The SMILES string of the molecule is O=C(NCc1ccc(Cl)cc1)c1ccc(NCc2ccccc2Cl)nn1. The fourth-order valence-electron chi connectivity index (χ4n) is 2.25. The van der Waals surface area contributed by atoms with Crippen molar-refractivity contribution in [1.29, 1.82) is 0 Å². The molecule has 0 spiro atoms. The molecule has 0 aliphatic rings. The Morgan fingerprint density at radius 1 is 0.885 bits per heavy atom. The Morgan fingerprint density at radius 3 is 2.35 bits per heavy atom. The van der Waals surface area contributed by atoms with Gasteiger partial charge < -0.3 is 10.6 Å². The lowest BCUT2D eigenvalue weighted by atomic mass is 10.2. The second kappa shape index (κ2) is 8.65. The van der Waals surface area contributed by atoms with E-state index >= 15 is 0 Å². The van der Waals surface area contributed by atoms with Crippen molar-refractivity contribution in [2.75, 3.05) is 5.32 Å². The second-order valence-corrected chi connectivity index (χ2v) is 6.40. The normalized spacial score (nSPS) is 10.4. The number of halogens is 2. The largest absolute Gasteiger partial charge is 0.364 e. The molecule has 1 heterocycles. The van der Waals surface area contributed by atoms with Gasteiger partial charge in [-0.2, -0.15) is 0 Å². The van der Waals surface area contributed by atoms with Crippen LogP contribution in [0.15, 0.2) is 60.7 Å². The number of nitrogens with one attached hydrogen (secondary N) is 2. The van der Waals surface area contributed by atoms with Gasteiger partial charge in [0.15, 0.2) is 5.69 Å². The number of aromatic nitrogens is 2. The lowest BCUT2D eigenvalue weighted by molar-refractivity contribution is 0.0945. The molecular formula is C19H16Cl2N4O. The van der Waals surface area contributed by atoms with E-state index in [1.807, 2.05) is 36.4 Å². The number of hydrogen-bond donors (Lipinski definition) is 2. The Kier molecular flexibility index (Phi) is 6.04. The first kappa shape index (κ1) is 18.2. The van der Waals surface area contributed by atoms with E-state index < -0.39 is 0 Å². The number of amides is 1. The van der Waals surface area contributed by atoms with E-state index in [1.54, 1.807) is 24.3 Å². The van der Waals surface area contributed by atoms with Gasteiger partial charge in [-0.15, -0.1) is 10.2 Å². The molecule has 0 bridgehead atoms. The van der Waals surface area contributed by atoms with Crippen LogP contribution in [0.1, 0.15) is 21.6 Å². The molecule has 132 valence electrons. The molecule has 1 amide bonds. The van der Waals surface area contributed by atoms with Crippen molar-refractivity contribution < 1.29 is 4.79 Å². The minimum absolute atomic E-state index is 0.252. The predicted octanol–water partition coefficient (Wildman–Crippen LogP) is 4.33. The molecule has 0 radical (unpaired) electrons. The van der Waals surface area contributed by atoms with Crippen LogP contribution in [0.4, 0.5) is 5.82 Å². The molecular weight excluding hydrogens is 371 g/mol.